The highest BCUT2D eigenvalue weighted by molar-refractivity contribution is 6.10. The smallest absolute Gasteiger partial charge is 0.164 e. The average molecular weight is 677 g/mol. The first-order chi connectivity index (χ1) is 26.3. The minimum absolute atomic E-state index is 0.627. The van der Waals surface area contributed by atoms with Crippen molar-refractivity contribution in [1.29, 1.82) is 0 Å². The molecule has 0 saturated carbocycles. The third-order valence-corrected chi connectivity index (χ3v) is 10.1. The Labute approximate surface area is 307 Å². The zero-order valence-corrected chi connectivity index (χ0v) is 28.8. The van der Waals surface area contributed by atoms with Crippen LogP contribution in [0.25, 0.3) is 94.7 Å². The number of aromatic nitrogens is 4. The predicted molar refractivity (Wildman–Crippen MR) is 219 cm³/mol. The molecule has 0 spiro atoms. The monoisotopic (exact) mass is 676 g/mol. The molecule has 2 heterocycles. The summed E-state index contributed by atoms with van der Waals surface area (Å²) in [6.45, 7) is 0. The van der Waals surface area contributed by atoms with Gasteiger partial charge in [-0.3, -0.25) is 0 Å². The summed E-state index contributed by atoms with van der Waals surface area (Å²) in [6.07, 6.45) is 0. The second kappa shape index (κ2) is 12.9. The summed E-state index contributed by atoms with van der Waals surface area (Å²) >= 11 is 0. The molecule has 0 fully saturated rings. The molecule has 0 amide bonds. The van der Waals surface area contributed by atoms with Crippen LogP contribution in [0.2, 0.25) is 0 Å². The lowest BCUT2D eigenvalue weighted by Crippen LogP contribution is -2.02. The highest BCUT2D eigenvalue weighted by Gasteiger charge is 2.19. The van der Waals surface area contributed by atoms with Gasteiger partial charge in [-0.2, -0.15) is 0 Å². The van der Waals surface area contributed by atoms with Gasteiger partial charge in [0.1, 0.15) is 0 Å². The van der Waals surface area contributed by atoms with Gasteiger partial charge in [-0.25, -0.2) is 15.0 Å². The molecule has 0 radical (unpaired) electrons. The van der Waals surface area contributed by atoms with Crippen LogP contribution in [0.4, 0.5) is 0 Å². The van der Waals surface area contributed by atoms with Gasteiger partial charge in [0.15, 0.2) is 17.5 Å². The van der Waals surface area contributed by atoms with Gasteiger partial charge in [0.2, 0.25) is 0 Å². The minimum Gasteiger partial charge on any atom is -0.309 e. The highest BCUT2D eigenvalue weighted by Crippen LogP contribution is 2.38. The highest BCUT2D eigenvalue weighted by atomic mass is 15.0. The second-order valence-corrected chi connectivity index (χ2v) is 13.2. The van der Waals surface area contributed by atoms with E-state index in [0.29, 0.717) is 17.5 Å². The molecule has 0 atom stereocenters. The molecule has 0 bridgehead atoms. The van der Waals surface area contributed by atoms with Crippen molar-refractivity contribution in [3.63, 3.8) is 0 Å². The molecule has 0 saturated heterocycles. The molecule has 0 aliphatic heterocycles. The Morgan fingerprint density at radius 3 is 1.45 bits per heavy atom. The van der Waals surface area contributed by atoms with Crippen molar-refractivity contribution in [2.75, 3.05) is 0 Å². The van der Waals surface area contributed by atoms with Crippen molar-refractivity contribution in [2.24, 2.45) is 0 Å². The van der Waals surface area contributed by atoms with Crippen LogP contribution < -0.4 is 0 Å². The number of rotatable bonds is 6. The first-order valence-corrected chi connectivity index (χ1v) is 17.9. The van der Waals surface area contributed by atoms with E-state index in [1.165, 1.54) is 21.9 Å². The van der Waals surface area contributed by atoms with Gasteiger partial charge in [-0.15, -0.1) is 0 Å². The predicted octanol–water partition coefficient (Wildman–Crippen LogP) is 12.5. The Bertz CT molecular complexity index is 2880. The largest absolute Gasteiger partial charge is 0.309 e. The van der Waals surface area contributed by atoms with Crippen LogP contribution in [-0.2, 0) is 0 Å². The quantitative estimate of drug-likeness (QED) is 0.176. The van der Waals surface area contributed by atoms with Crippen LogP contribution >= 0.6 is 0 Å². The summed E-state index contributed by atoms with van der Waals surface area (Å²) in [7, 11) is 0. The van der Waals surface area contributed by atoms with Crippen molar-refractivity contribution in [2.45, 2.75) is 0 Å². The van der Waals surface area contributed by atoms with E-state index in [4.69, 9.17) is 15.0 Å². The van der Waals surface area contributed by atoms with Crippen molar-refractivity contribution in [1.82, 2.24) is 19.5 Å². The Balaban J connectivity index is 1.19. The molecule has 4 nitrogen and oxygen atoms in total. The number of hydrogen-bond acceptors (Lipinski definition) is 3. The van der Waals surface area contributed by atoms with Gasteiger partial charge in [0.05, 0.1) is 11.0 Å². The molecule has 0 aliphatic rings. The van der Waals surface area contributed by atoms with Gasteiger partial charge >= 0.3 is 0 Å². The summed E-state index contributed by atoms with van der Waals surface area (Å²) in [5, 5.41) is 4.64. The first-order valence-electron chi connectivity index (χ1n) is 17.9. The molecule has 2 aromatic heterocycles. The van der Waals surface area contributed by atoms with Crippen molar-refractivity contribution in [3.8, 4) is 62.1 Å². The number of benzene rings is 8. The van der Waals surface area contributed by atoms with Gasteiger partial charge in [-0.05, 0) is 57.3 Å². The van der Waals surface area contributed by atoms with E-state index in [9.17, 15) is 0 Å². The van der Waals surface area contributed by atoms with Crippen LogP contribution in [0, 0.1) is 0 Å². The minimum atomic E-state index is 0.627. The third-order valence-electron chi connectivity index (χ3n) is 10.1. The average Bonchev–Trinajstić information content (AvgIpc) is 3.58. The molecule has 0 N–H and O–H groups in total. The van der Waals surface area contributed by atoms with E-state index in [0.717, 1.165) is 55.3 Å². The Morgan fingerprint density at radius 2 is 0.774 bits per heavy atom. The Kier molecular flexibility index (Phi) is 7.43. The van der Waals surface area contributed by atoms with Crippen LogP contribution in [0.3, 0.4) is 0 Å². The second-order valence-electron chi connectivity index (χ2n) is 13.2. The summed E-state index contributed by atoms with van der Waals surface area (Å²) < 4.78 is 2.36. The Morgan fingerprint density at radius 1 is 0.302 bits per heavy atom. The van der Waals surface area contributed by atoms with Gasteiger partial charge in [0.25, 0.3) is 0 Å². The summed E-state index contributed by atoms with van der Waals surface area (Å²) in [5.74, 6) is 1.89. The van der Waals surface area contributed by atoms with Crippen molar-refractivity contribution in [3.05, 3.63) is 194 Å². The van der Waals surface area contributed by atoms with Crippen LogP contribution in [0.15, 0.2) is 194 Å². The van der Waals surface area contributed by atoms with E-state index >= 15 is 0 Å². The molecule has 10 rings (SSSR count). The molecule has 8 aromatic carbocycles. The fourth-order valence-corrected chi connectivity index (χ4v) is 7.55. The standard InChI is InChI=1S/C49H32N4/c1-3-15-33(16-4-1)34-27-29-35(30-28-34)39-20-9-10-24-43(39)48-50-47(36-17-5-2-6-18-36)51-49(52-48)44-32-38(31-37-19-7-8-21-40(37)44)53-45-25-13-11-22-41(45)42-23-12-14-26-46(42)53/h1-32H. The van der Waals surface area contributed by atoms with Gasteiger partial charge in [0, 0.05) is 33.2 Å². The topological polar surface area (TPSA) is 43.6 Å². The van der Waals surface area contributed by atoms with E-state index in [2.05, 4.69) is 174 Å². The maximum atomic E-state index is 5.32. The van der Waals surface area contributed by atoms with E-state index < -0.39 is 0 Å². The van der Waals surface area contributed by atoms with Crippen LogP contribution in [0.1, 0.15) is 0 Å². The van der Waals surface area contributed by atoms with Crippen LogP contribution in [-0.4, -0.2) is 19.5 Å². The van der Waals surface area contributed by atoms with E-state index in [-0.39, 0.29) is 0 Å². The molecule has 53 heavy (non-hydrogen) atoms. The van der Waals surface area contributed by atoms with Crippen molar-refractivity contribution >= 4 is 32.6 Å². The maximum Gasteiger partial charge on any atom is 0.164 e. The lowest BCUT2D eigenvalue weighted by molar-refractivity contribution is 1.07. The number of fused-ring (bicyclic) bond motifs is 4. The Hall–Kier alpha value is -7.17. The molecular formula is C49H32N4. The molecule has 4 heteroatoms. The number of hydrogen-bond donors (Lipinski definition) is 0. The fraction of sp³-hybridized carbons (Fsp3) is 0. The zero-order chi connectivity index (χ0) is 35.1. The first kappa shape index (κ1) is 30.6. The molecule has 0 unspecified atom stereocenters. The normalized spacial score (nSPS) is 11.4. The fourth-order valence-electron chi connectivity index (χ4n) is 7.55. The summed E-state index contributed by atoms with van der Waals surface area (Å²) in [4.78, 5) is 15.7. The lowest BCUT2D eigenvalue weighted by atomic mass is 9.96. The van der Waals surface area contributed by atoms with Gasteiger partial charge in [-0.1, -0.05) is 170 Å². The molecule has 0 aliphatic carbocycles. The number of nitrogens with zero attached hydrogens (tertiary/aromatic N) is 4. The van der Waals surface area contributed by atoms with Gasteiger partial charge < -0.3 is 4.57 Å². The van der Waals surface area contributed by atoms with Crippen LogP contribution in [0.5, 0.6) is 0 Å². The number of para-hydroxylation sites is 2. The maximum absolute atomic E-state index is 5.32. The van der Waals surface area contributed by atoms with E-state index in [1.807, 2.05) is 24.3 Å². The van der Waals surface area contributed by atoms with Crippen molar-refractivity contribution < 1.29 is 0 Å². The lowest BCUT2D eigenvalue weighted by Gasteiger charge is -2.15. The molecule has 248 valence electrons. The summed E-state index contributed by atoms with van der Waals surface area (Å²) in [6, 6.07) is 68.0. The SMILES string of the molecule is c1ccc(-c2ccc(-c3ccccc3-c3nc(-c4ccccc4)nc(-c4cc(-n5c6ccccc6c6ccccc65)cc5ccccc45)n3)cc2)cc1. The summed E-state index contributed by atoms with van der Waals surface area (Å²) in [5.41, 5.74) is 10.7. The third kappa shape index (κ3) is 5.45. The molecular weight excluding hydrogens is 645 g/mol. The zero-order valence-electron chi connectivity index (χ0n) is 28.8. The van der Waals surface area contributed by atoms with E-state index in [1.54, 1.807) is 0 Å². The molecule has 10 aromatic rings.